The summed E-state index contributed by atoms with van der Waals surface area (Å²) in [5.74, 6) is 0. The number of nitrogens with two attached hydrogens (primary N) is 2. The van der Waals surface area contributed by atoms with Crippen molar-refractivity contribution in [3.05, 3.63) is 28.2 Å². The number of rotatable bonds is 3. The third kappa shape index (κ3) is 3.36. The quantitative estimate of drug-likeness (QED) is 0.800. The van der Waals surface area contributed by atoms with Crippen LogP contribution in [0.1, 0.15) is 18.9 Å². The minimum Gasteiger partial charge on any atom is -0.398 e. The van der Waals surface area contributed by atoms with Crippen molar-refractivity contribution >= 4 is 21.6 Å². The van der Waals surface area contributed by atoms with E-state index in [1.807, 2.05) is 19.1 Å². The molecule has 1 unspecified atom stereocenters. The van der Waals surface area contributed by atoms with Gasteiger partial charge < -0.3 is 11.5 Å². The molecule has 0 aromatic heterocycles. The maximum atomic E-state index is 5.75. The van der Waals surface area contributed by atoms with Crippen molar-refractivity contribution in [2.45, 2.75) is 25.8 Å². The van der Waals surface area contributed by atoms with Gasteiger partial charge in [0.2, 0.25) is 0 Å². The summed E-state index contributed by atoms with van der Waals surface area (Å²) in [6.45, 7) is 2.02. The predicted octanol–water partition coefficient (Wildman–Crippen LogP) is 2.31. The van der Waals surface area contributed by atoms with Crippen LogP contribution in [0.15, 0.2) is 22.7 Å². The summed E-state index contributed by atoms with van der Waals surface area (Å²) in [7, 11) is 0. The van der Waals surface area contributed by atoms with Crippen LogP contribution >= 0.6 is 15.9 Å². The molecule has 0 spiro atoms. The Morgan fingerprint density at radius 2 is 2.15 bits per heavy atom. The molecule has 0 radical (unpaired) electrons. The van der Waals surface area contributed by atoms with Crippen molar-refractivity contribution in [2.24, 2.45) is 5.73 Å². The van der Waals surface area contributed by atoms with Crippen LogP contribution in [-0.4, -0.2) is 6.04 Å². The van der Waals surface area contributed by atoms with E-state index in [0.29, 0.717) is 0 Å². The van der Waals surface area contributed by atoms with Crippen molar-refractivity contribution in [3.8, 4) is 0 Å². The molecule has 0 fully saturated rings. The number of hydrogen-bond donors (Lipinski definition) is 2. The molecule has 1 aromatic rings. The minimum atomic E-state index is 0.255. The van der Waals surface area contributed by atoms with E-state index in [1.54, 1.807) is 0 Å². The van der Waals surface area contributed by atoms with Crippen LogP contribution in [0.5, 0.6) is 0 Å². The molecule has 3 heteroatoms. The Morgan fingerprint density at radius 1 is 1.46 bits per heavy atom. The molecule has 2 nitrogen and oxygen atoms in total. The van der Waals surface area contributed by atoms with E-state index in [0.717, 1.165) is 23.0 Å². The summed E-state index contributed by atoms with van der Waals surface area (Å²) in [6.07, 6.45) is 2.00. The van der Waals surface area contributed by atoms with E-state index in [4.69, 9.17) is 11.5 Å². The van der Waals surface area contributed by atoms with Crippen LogP contribution in [0.2, 0.25) is 0 Å². The highest BCUT2D eigenvalue weighted by atomic mass is 79.9. The van der Waals surface area contributed by atoms with Crippen LogP contribution in [0.25, 0.3) is 0 Å². The van der Waals surface area contributed by atoms with Crippen LogP contribution in [0.3, 0.4) is 0 Å². The molecule has 0 saturated carbocycles. The van der Waals surface area contributed by atoms with Gasteiger partial charge in [-0.2, -0.15) is 0 Å². The number of nitrogen functional groups attached to an aromatic ring is 1. The molecule has 0 saturated heterocycles. The van der Waals surface area contributed by atoms with E-state index >= 15 is 0 Å². The number of hydrogen-bond acceptors (Lipinski definition) is 2. The second-order valence-corrected chi connectivity index (χ2v) is 4.23. The van der Waals surface area contributed by atoms with Gasteiger partial charge in [0, 0.05) is 16.2 Å². The van der Waals surface area contributed by atoms with Crippen molar-refractivity contribution in [3.63, 3.8) is 0 Å². The average Bonchev–Trinajstić information content (AvgIpc) is 2.07. The molecule has 0 aliphatic heterocycles. The Hall–Kier alpha value is -0.540. The topological polar surface area (TPSA) is 52.0 Å². The minimum absolute atomic E-state index is 0.255. The zero-order valence-corrected chi connectivity index (χ0v) is 9.34. The van der Waals surface area contributed by atoms with Crippen LogP contribution in [0.4, 0.5) is 5.69 Å². The Bertz CT molecular complexity index is 284. The van der Waals surface area contributed by atoms with Gasteiger partial charge in [-0.3, -0.25) is 0 Å². The zero-order valence-electron chi connectivity index (χ0n) is 7.76. The highest BCUT2D eigenvalue weighted by Gasteiger charge is 1.99. The molecule has 0 bridgehead atoms. The summed E-state index contributed by atoms with van der Waals surface area (Å²) in [4.78, 5) is 0. The van der Waals surface area contributed by atoms with Gasteiger partial charge in [-0.1, -0.05) is 6.07 Å². The molecule has 0 aliphatic carbocycles. The summed E-state index contributed by atoms with van der Waals surface area (Å²) in [6, 6.07) is 6.30. The second kappa shape index (κ2) is 4.63. The maximum Gasteiger partial charge on any atom is 0.0461 e. The van der Waals surface area contributed by atoms with Crippen LogP contribution < -0.4 is 11.5 Å². The van der Waals surface area contributed by atoms with E-state index in [2.05, 4.69) is 22.0 Å². The molecular weight excluding hydrogens is 228 g/mol. The molecule has 1 rings (SSSR count). The van der Waals surface area contributed by atoms with Gasteiger partial charge in [0.05, 0.1) is 0 Å². The standard InChI is InChI=1S/C10H15BrN2/c1-7(12)2-3-8-4-5-9(11)10(13)6-8/h4-7H,2-3,12-13H2,1H3. The lowest BCUT2D eigenvalue weighted by atomic mass is 10.1. The normalized spacial score (nSPS) is 12.8. The van der Waals surface area contributed by atoms with Gasteiger partial charge in [-0.15, -0.1) is 0 Å². The Kier molecular flexibility index (Phi) is 3.75. The SMILES string of the molecule is CC(N)CCc1ccc(Br)c(N)c1. The first-order valence-corrected chi connectivity index (χ1v) is 5.18. The monoisotopic (exact) mass is 242 g/mol. The highest BCUT2D eigenvalue weighted by molar-refractivity contribution is 9.10. The molecule has 0 aliphatic rings. The molecule has 1 atom stereocenters. The van der Waals surface area contributed by atoms with Crippen molar-refractivity contribution < 1.29 is 0 Å². The number of anilines is 1. The number of halogens is 1. The van der Waals surface area contributed by atoms with E-state index < -0.39 is 0 Å². The number of aryl methyl sites for hydroxylation is 1. The van der Waals surface area contributed by atoms with Gasteiger partial charge in [-0.25, -0.2) is 0 Å². The second-order valence-electron chi connectivity index (χ2n) is 3.37. The smallest absolute Gasteiger partial charge is 0.0461 e. The lowest BCUT2D eigenvalue weighted by Crippen LogP contribution is -2.15. The van der Waals surface area contributed by atoms with Crippen LogP contribution in [0, 0.1) is 0 Å². The number of benzene rings is 1. The van der Waals surface area contributed by atoms with Gasteiger partial charge in [0.1, 0.15) is 0 Å². The first kappa shape index (κ1) is 10.5. The van der Waals surface area contributed by atoms with Crippen LogP contribution in [-0.2, 0) is 6.42 Å². The largest absolute Gasteiger partial charge is 0.398 e. The summed E-state index contributed by atoms with van der Waals surface area (Å²) in [5.41, 5.74) is 13.5. The Balaban J connectivity index is 2.63. The molecule has 4 N–H and O–H groups in total. The van der Waals surface area contributed by atoms with E-state index in [1.165, 1.54) is 5.56 Å². The van der Waals surface area contributed by atoms with Gasteiger partial charge in [0.25, 0.3) is 0 Å². The first-order chi connectivity index (χ1) is 6.09. The Morgan fingerprint density at radius 3 is 2.69 bits per heavy atom. The molecule has 1 aromatic carbocycles. The first-order valence-electron chi connectivity index (χ1n) is 4.39. The molecule has 72 valence electrons. The van der Waals surface area contributed by atoms with Gasteiger partial charge >= 0.3 is 0 Å². The molecule has 13 heavy (non-hydrogen) atoms. The third-order valence-corrected chi connectivity index (χ3v) is 2.67. The van der Waals surface area contributed by atoms with E-state index in [9.17, 15) is 0 Å². The fourth-order valence-electron chi connectivity index (χ4n) is 1.14. The lowest BCUT2D eigenvalue weighted by molar-refractivity contribution is 0.666. The maximum absolute atomic E-state index is 5.75. The third-order valence-electron chi connectivity index (χ3n) is 1.95. The Labute approximate surface area is 87.4 Å². The lowest BCUT2D eigenvalue weighted by Gasteiger charge is -2.06. The summed E-state index contributed by atoms with van der Waals surface area (Å²) < 4.78 is 0.956. The highest BCUT2D eigenvalue weighted by Crippen LogP contribution is 2.20. The average molecular weight is 243 g/mol. The van der Waals surface area contributed by atoms with Gasteiger partial charge in [-0.05, 0) is 53.4 Å². The molecule has 0 amide bonds. The van der Waals surface area contributed by atoms with Crippen molar-refractivity contribution in [1.29, 1.82) is 0 Å². The van der Waals surface area contributed by atoms with E-state index in [-0.39, 0.29) is 6.04 Å². The fraction of sp³-hybridized carbons (Fsp3) is 0.400. The van der Waals surface area contributed by atoms with Crippen molar-refractivity contribution in [1.82, 2.24) is 0 Å². The molecular formula is C10H15BrN2. The van der Waals surface area contributed by atoms with Gasteiger partial charge in [0.15, 0.2) is 0 Å². The fourth-order valence-corrected chi connectivity index (χ4v) is 1.39. The van der Waals surface area contributed by atoms with Crippen molar-refractivity contribution in [2.75, 3.05) is 5.73 Å². The summed E-state index contributed by atoms with van der Waals surface area (Å²) in [5, 5.41) is 0. The summed E-state index contributed by atoms with van der Waals surface area (Å²) >= 11 is 3.36. The zero-order chi connectivity index (χ0) is 9.84. The molecule has 0 heterocycles. The predicted molar refractivity (Wildman–Crippen MR) is 60.5 cm³/mol.